The number of aromatic nitrogens is 1. The van der Waals surface area contributed by atoms with Crippen molar-refractivity contribution in [2.24, 2.45) is 0 Å². The molecule has 6 heteroatoms. The molecule has 0 unspecified atom stereocenters. The molecular formula is C20H19ClN2O3. The molecule has 2 aromatic carbocycles. The van der Waals surface area contributed by atoms with E-state index in [1.165, 1.54) is 0 Å². The van der Waals surface area contributed by atoms with Crippen LogP contribution in [0.25, 0.3) is 11.3 Å². The van der Waals surface area contributed by atoms with Crippen molar-refractivity contribution in [3.63, 3.8) is 0 Å². The van der Waals surface area contributed by atoms with Gasteiger partial charge in [-0.3, -0.25) is 4.79 Å². The molecule has 134 valence electrons. The minimum atomic E-state index is -0.228. The summed E-state index contributed by atoms with van der Waals surface area (Å²) in [6.07, 6.45) is 0. The molecule has 0 bridgehead atoms. The van der Waals surface area contributed by atoms with Crippen molar-refractivity contribution in [3.05, 3.63) is 70.4 Å². The van der Waals surface area contributed by atoms with Gasteiger partial charge < -0.3 is 14.6 Å². The van der Waals surface area contributed by atoms with E-state index in [-0.39, 0.29) is 19.1 Å². The number of carbonyl (C=O) groups excluding carboxylic acids is 1. The smallest absolute Gasteiger partial charge is 0.258 e. The Morgan fingerprint density at radius 2 is 1.81 bits per heavy atom. The zero-order valence-electron chi connectivity index (χ0n) is 14.6. The van der Waals surface area contributed by atoms with Crippen LogP contribution in [0.4, 0.5) is 0 Å². The molecule has 26 heavy (non-hydrogen) atoms. The predicted molar refractivity (Wildman–Crippen MR) is 100 cm³/mol. The zero-order valence-corrected chi connectivity index (χ0v) is 15.3. The zero-order chi connectivity index (χ0) is 18.5. The Kier molecular flexibility index (Phi) is 5.58. The van der Waals surface area contributed by atoms with E-state index in [9.17, 15) is 4.79 Å². The number of benzene rings is 2. The van der Waals surface area contributed by atoms with Gasteiger partial charge in [-0.05, 0) is 49.2 Å². The molecule has 0 saturated heterocycles. The van der Waals surface area contributed by atoms with E-state index < -0.39 is 0 Å². The minimum absolute atomic E-state index is 0.0545. The summed E-state index contributed by atoms with van der Waals surface area (Å²) < 4.78 is 10.8. The van der Waals surface area contributed by atoms with Gasteiger partial charge in [0.05, 0.1) is 6.54 Å². The van der Waals surface area contributed by atoms with Gasteiger partial charge in [0.1, 0.15) is 11.4 Å². The highest BCUT2D eigenvalue weighted by molar-refractivity contribution is 6.30. The number of aryl methyl sites for hydroxylation is 2. The van der Waals surface area contributed by atoms with Gasteiger partial charge in [0.25, 0.3) is 5.91 Å². The quantitative estimate of drug-likeness (QED) is 0.702. The molecule has 1 heterocycles. The van der Waals surface area contributed by atoms with E-state index >= 15 is 0 Å². The number of hydrogen-bond donors (Lipinski definition) is 1. The van der Waals surface area contributed by atoms with Crippen molar-refractivity contribution in [3.8, 4) is 17.0 Å². The fourth-order valence-electron chi connectivity index (χ4n) is 2.55. The Labute approximate surface area is 156 Å². The Hall–Kier alpha value is -2.79. The predicted octanol–water partition coefficient (Wildman–Crippen LogP) is 4.31. The number of halogens is 1. The molecule has 0 aliphatic heterocycles. The van der Waals surface area contributed by atoms with Crippen LogP contribution in [-0.2, 0) is 11.3 Å². The molecule has 1 aromatic heterocycles. The van der Waals surface area contributed by atoms with E-state index in [4.69, 9.17) is 20.9 Å². The molecule has 3 aromatic rings. The van der Waals surface area contributed by atoms with Crippen LogP contribution in [-0.4, -0.2) is 17.7 Å². The second kappa shape index (κ2) is 8.06. The molecular weight excluding hydrogens is 352 g/mol. The van der Waals surface area contributed by atoms with Crippen molar-refractivity contribution in [1.82, 2.24) is 10.5 Å². The van der Waals surface area contributed by atoms with Gasteiger partial charge in [-0.25, -0.2) is 0 Å². The highest BCUT2D eigenvalue weighted by Gasteiger charge is 2.09. The van der Waals surface area contributed by atoms with Crippen molar-refractivity contribution in [2.45, 2.75) is 20.4 Å². The second-order valence-corrected chi connectivity index (χ2v) is 6.51. The van der Waals surface area contributed by atoms with Crippen molar-refractivity contribution in [2.75, 3.05) is 6.61 Å². The summed E-state index contributed by atoms with van der Waals surface area (Å²) in [6.45, 7) is 4.17. The summed E-state index contributed by atoms with van der Waals surface area (Å²) in [6, 6.07) is 14.9. The molecule has 0 aliphatic rings. The molecule has 0 fully saturated rings. The molecule has 0 aliphatic carbocycles. The van der Waals surface area contributed by atoms with Crippen molar-refractivity contribution in [1.29, 1.82) is 0 Å². The molecule has 0 atom stereocenters. The molecule has 0 saturated carbocycles. The number of amides is 1. The fourth-order valence-corrected chi connectivity index (χ4v) is 2.68. The number of ether oxygens (including phenoxy) is 1. The average molecular weight is 371 g/mol. The van der Waals surface area contributed by atoms with Crippen LogP contribution in [0.2, 0.25) is 5.02 Å². The summed E-state index contributed by atoms with van der Waals surface area (Å²) in [5, 5.41) is 7.42. The van der Waals surface area contributed by atoms with Gasteiger partial charge >= 0.3 is 0 Å². The van der Waals surface area contributed by atoms with Crippen LogP contribution in [0.3, 0.4) is 0 Å². The maximum Gasteiger partial charge on any atom is 0.258 e. The standard InChI is InChI=1S/C20H19ClN2O3/c1-13-7-14(2)9-17(8-13)25-12-20(24)22-11-18-10-19(23-26-18)15-3-5-16(21)6-4-15/h3-10H,11-12H2,1-2H3,(H,22,24). The van der Waals surface area contributed by atoms with E-state index in [1.54, 1.807) is 18.2 Å². The number of nitrogens with zero attached hydrogens (tertiary/aromatic N) is 1. The highest BCUT2D eigenvalue weighted by Crippen LogP contribution is 2.21. The first kappa shape index (κ1) is 18.0. The lowest BCUT2D eigenvalue weighted by Gasteiger charge is -2.08. The van der Waals surface area contributed by atoms with Crippen LogP contribution in [0.15, 0.2) is 53.1 Å². The van der Waals surface area contributed by atoms with Gasteiger partial charge in [0, 0.05) is 16.7 Å². The van der Waals surface area contributed by atoms with Gasteiger partial charge in [-0.1, -0.05) is 35.0 Å². The van der Waals surface area contributed by atoms with Crippen LogP contribution in [0.1, 0.15) is 16.9 Å². The molecule has 1 amide bonds. The monoisotopic (exact) mass is 370 g/mol. The molecule has 0 spiro atoms. The fraction of sp³-hybridized carbons (Fsp3) is 0.200. The van der Waals surface area contributed by atoms with Crippen LogP contribution in [0.5, 0.6) is 5.75 Å². The van der Waals surface area contributed by atoms with Gasteiger partial charge in [0.2, 0.25) is 0 Å². The van der Waals surface area contributed by atoms with Crippen LogP contribution < -0.4 is 10.1 Å². The summed E-state index contributed by atoms with van der Waals surface area (Å²) in [7, 11) is 0. The van der Waals surface area contributed by atoms with Gasteiger partial charge in [0.15, 0.2) is 12.4 Å². The van der Waals surface area contributed by atoms with Crippen LogP contribution >= 0.6 is 11.6 Å². The molecule has 0 radical (unpaired) electrons. The Bertz CT molecular complexity index is 883. The van der Waals surface area contributed by atoms with Crippen molar-refractivity contribution >= 4 is 17.5 Å². The minimum Gasteiger partial charge on any atom is -0.484 e. The van der Waals surface area contributed by atoms with Crippen LogP contribution in [0, 0.1) is 13.8 Å². The Morgan fingerprint density at radius 3 is 2.50 bits per heavy atom. The first-order valence-corrected chi connectivity index (χ1v) is 8.57. The average Bonchev–Trinajstić information content (AvgIpc) is 3.07. The summed E-state index contributed by atoms with van der Waals surface area (Å²) in [5.41, 5.74) is 3.78. The summed E-state index contributed by atoms with van der Waals surface area (Å²) in [5.74, 6) is 1.02. The maximum atomic E-state index is 12.0. The van der Waals surface area contributed by atoms with E-state index in [2.05, 4.69) is 16.5 Å². The number of rotatable bonds is 6. The third kappa shape index (κ3) is 4.86. The number of hydrogen-bond acceptors (Lipinski definition) is 4. The SMILES string of the molecule is Cc1cc(C)cc(OCC(=O)NCc2cc(-c3ccc(Cl)cc3)no2)c1. The van der Waals surface area contributed by atoms with Gasteiger partial charge in [-0.15, -0.1) is 0 Å². The van der Waals surface area contributed by atoms with Gasteiger partial charge in [-0.2, -0.15) is 0 Å². The van der Waals surface area contributed by atoms with Crippen molar-refractivity contribution < 1.29 is 14.1 Å². The lowest BCUT2D eigenvalue weighted by Crippen LogP contribution is -2.28. The first-order valence-electron chi connectivity index (χ1n) is 8.19. The third-order valence-electron chi connectivity index (χ3n) is 3.72. The molecule has 3 rings (SSSR count). The largest absolute Gasteiger partial charge is 0.484 e. The normalized spacial score (nSPS) is 10.6. The lowest BCUT2D eigenvalue weighted by molar-refractivity contribution is -0.123. The molecule has 1 N–H and O–H groups in total. The van der Waals surface area contributed by atoms with E-state index in [0.29, 0.717) is 22.2 Å². The van der Waals surface area contributed by atoms with E-state index in [0.717, 1.165) is 16.7 Å². The third-order valence-corrected chi connectivity index (χ3v) is 3.98. The summed E-state index contributed by atoms with van der Waals surface area (Å²) >= 11 is 5.88. The molecule has 5 nitrogen and oxygen atoms in total. The first-order chi connectivity index (χ1) is 12.5. The Morgan fingerprint density at radius 1 is 1.12 bits per heavy atom. The maximum absolute atomic E-state index is 12.0. The second-order valence-electron chi connectivity index (χ2n) is 6.07. The number of carbonyl (C=O) groups is 1. The lowest BCUT2D eigenvalue weighted by atomic mass is 10.1. The van der Waals surface area contributed by atoms with E-state index in [1.807, 2.05) is 38.1 Å². The summed E-state index contributed by atoms with van der Waals surface area (Å²) in [4.78, 5) is 12.0. The highest BCUT2D eigenvalue weighted by atomic mass is 35.5. The Balaban J connectivity index is 1.51. The topological polar surface area (TPSA) is 64.4 Å². The number of nitrogens with one attached hydrogen (secondary N) is 1.